The lowest BCUT2D eigenvalue weighted by Crippen LogP contribution is -2.45. The first-order valence-corrected chi connectivity index (χ1v) is 5.94. The second-order valence-electron chi connectivity index (χ2n) is 4.65. The molecule has 0 rings (SSSR count). The van der Waals surface area contributed by atoms with Gasteiger partial charge in [-0.25, -0.2) is 0 Å². The van der Waals surface area contributed by atoms with Gasteiger partial charge in [-0.15, -0.1) is 0 Å². The summed E-state index contributed by atoms with van der Waals surface area (Å²) < 4.78 is 5.56. The molecular formula is C11H24N2OS. The maximum Gasteiger partial charge on any atom is 0.166 e. The first-order chi connectivity index (χ1) is 6.87. The van der Waals surface area contributed by atoms with Crippen LogP contribution in [0.2, 0.25) is 0 Å². The van der Waals surface area contributed by atoms with Crippen LogP contribution in [0.15, 0.2) is 0 Å². The summed E-state index contributed by atoms with van der Waals surface area (Å²) in [5.41, 5.74) is -0.168. The number of nitrogens with one attached hydrogen (secondary N) is 2. The van der Waals surface area contributed by atoms with Crippen molar-refractivity contribution in [1.82, 2.24) is 10.6 Å². The second kappa shape index (κ2) is 7.01. The molecule has 90 valence electrons. The molecule has 0 aliphatic carbocycles. The minimum absolute atomic E-state index is 0.168. The third-order valence-electron chi connectivity index (χ3n) is 1.88. The molecular weight excluding hydrogens is 208 g/mol. The molecule has 3 nitrogen and oxygen atoms in total. The minimum Gasteiger partial charge on any atom is -0.374 e. The lowest BCUT2D eigenvalue weighted by Gasteiger charge is -2.25. The zero-order valence-corrected chi connectivity index (χ0v) is 11.3. The molecule has 0 aromatic heterocycles. The Morgan fingerprint density at radius 3 is 2.40 bits per heavy atom. The summed E-state index contributed by atoms with van der Waals surface area (Å²) in [7, 11) is 0. The van der Waals surface area contributed by atoms with Crippen LogP contribution < -0.4 is 10.6 Å². The van der Waals surface area contributed by atoms with Crippen molar-refractivity contribution < 1.29 is 4.74 Å². The van der Waals surface area contributed by atoms with E-state index in [0.29, 0.717) is 11.0 Å². The van der Waals surface area contributed by atoms with Crippen molar-refractivity contribution in [2.45, 2.75) is 40.2 Å². The summed E-state index contributed by atoms with van der Waals surface area (Å²) in [6, 6.07) is 0. The predicted octanol–water partition coefficient (Wildman–Crippen LogP) is 1.92. The van der Waals surface area contributed by atoms with Gasteiger partial charge in [0.2, 0.25) is 0 Å². The number of rotatable bonds is 6. The van der Waals surface area contributed by atoms with Crippen LogP contribution in [0.3, 0.4) is 0 Å². The normalized spacial score (nSPS) is 11.6. The van der Waals surface area contributed by atoms with Gasteiger partial charge in [0, 0.05) is 19.7 Å². The largest absolute Gasteiger partial charge is 0.374 e. The van der Waals surface area contributed by atoms with Crippen LogP contribution >= 0.6 is 12.2 Å². The Kier molecular flexibility index (Phi) is 6.85. The number of hydrogen-bond donors (Lipinski definition) is 2. The Hall–Kier alpha value is -0.350. The van der Waals surface area contributed by atoms with Crippen molar-refractivity contribution in [3.05, 3.63) is 0 Å². The van der Waals surface area contributed by atoms with Crippen LogP contribution in [0.5, 0.6) is 0 Å². The first kappa shape index (κ1) is 14.6. The van der Waals surface area contributed by atoms with Crippen molar-refractivity contribution in [2.75, 3.05) is 19.7 Å². The SMILES string of the molecule is CCOC(C)(C)CNC(=S)NCC(C)C. The van der Waals surface area contributed by atoms with Crippen molar-refractivity contribution in [1.29, 1.82) is 0 Å². The van der Waals surface area contributed by atoms with Gasteiger partial charge in [0.05, 0.1) is 5.60 Å². The van der Waals surface area contributed by atoms with Crippen molar-refractivity contribution in [3.8, 4) is 0 Å². The Morgan fingerprint density at radius 2 is 1.93 bits per heavy atom. The highest BCUT2D eigenvalue weighted by atomic mass is 32.1. The molecule has 0 aromatic carbocycles. The Balaban J connectivity index is 3.70. The Labute approximate surface area is 99.0 Å². The molecule has 0 amide bonds. The van der Waals surface area contributed by atoms with Gasteiger partial charge in [-0.2, -0.15) is 0 Å². The molecule has 0 radical (unpaired) electrons. The summed E-state index contributed by atoms with van der Waals surface area (Å²) in [5, 5.41) is 7.03. The van der Waals surface area contributed by atoms with E-state index in [2.05, 4.69) is 38.3 Å². The molecule has 0 aliphatic rings. The van der Waals surface area contributed by atoms with E-state index in [0.717, 1.165) is 19.7 Å². The van der Waals surface area contributed by atoms with E-state index in [-0.39, 0.29) is 5.60 Å². The summed E-state index contributed by atoms with van der Waals surface area (Å²) in [6.45, 7) is 12.8. The smallest absolute Gasteiger partial charge is 0.166 e. The van der Waals surface area contributed by atoms with E-state index >= 15 is 0 Å². The van der Waals surface area contributed by atoms with Crippen LogP contribution in [0.4, 0.5) is 0 Å². The van der Waals surface area contributed by atoms with Crippen LogP contribution in [-0.4, -0.2) is 30.4 Å². The molecule has 0 unspecified atom stereocenters. The molecule has 0 aliphatic heterocycles. The monoisotopic (exact) mass is 232 g/mol. The van der Waals surface area contributed by atoms with E-state index in [1.54, 1.807) is 0 Å². The van der Waals surface area contributed by atoms with Gasteiger partial charge < -0.3 is 15.4 Å². The summed E-state index contributed by atoms with van der Waals surface area (Å²) >= 11 is 5.15. The van der Waals surface area contributed by atoms with E-state index in [1.165, 1.54) is 0 Å². The average Bonchev–Trinajstić information content (AvgIpc) is 2.11. The third-order valence-corrected chi connectivity index (χ3v) is 2.17. The maximum atomic E-state index is 5.56. The summed E-state index contributed by atoms with van der Waals surface area (Å²) in [5.74, 6) is 0.602. The van der Waals surface area contributed by atoms with Gasteiger partial charge in [0.25, 0.3) is 0 Å². The van der Waals surface area contributed by atoms with E-state index in [1.807, 2.05) is 6.92 Å². The van der Waals surface area contributed by atoms with Crippen LogP contribution in [0.25, 0.3) is 0 Å². The van der Waals surface area contributed by atoms with Crippen molar-refractivity contribution in [2.24, 2.45) is 5.92 Å². The number of ether oxygens (including phenoxy) is 1. The lowest BCUT2D eigenvalue weighted by atomic mass is 10.1. The second-order valence-corrected chi connectivity index (χ2v) is 5.06. The molecule has 0 heterocycles. The fraction of sp³-hybridized carbons (Fsp3) is 0.909. The summed E-state index contributed by atoms with van der Waals surface area (Å²) in [6.07, 6.45) is 0. The zero-order chi connectivity index (χ0) is 11.9. The first-order valence-electron chi connectivity index (χ1n) is 5.53. The van der Waals surface area contributed by atoms with Gasteiger partial charge in [-0.1, -0.05) is 13.8 Å². The number of hydrogen-bond acceptors (Lipinski definition) is 2. The van der Waals surface area contributed by atoms with Gasteiger partial charge >= 0.3 is 0 Å². The topological polar surface area (TPSA) is 33.3 Å². The molecule has 0 fully saturated rings. The van der Waals surface area contributed by atoms with Crippen LogP contribution in [0, 0.1) is 5.92 Å². The molecule has 0 saturated carbocycles. The Morgan fingerprint density at radius 1 is 1.33 bits per heavy atom. The molecule has 0 atom stereocenters. The quantitative estimate of drug-likeness (QED) is 0.686. The minimum atomic E-state index is -0.168. The molecule has 4 heteroatoms. The van der Waals surface area contributed by atoms with Crippen molar-refractivity contribution in [3.63, 3.8) is 0 Å². The van der Waals surface area contributed by atoms with Crippen LogP contribution in [0.1, 0.15) is 34.6 Å². The van der Waals surface area contributed by atoms with E-state index in [4.69, 9.17) is 17.0 Å². The molecule has 0 bridgehead atoms. The van der Waals surface area contributed by atoms with Gasteiger partial charge in [-0.05, 0) is 38.9 Å². The number of thiocarbonyl (C=S) groups is 1. The van der Waals surface area contributed by atoms with Crippen molar-refractivity contribution >= 4 is 17.3 Å². The summed E-state index contributed by atoms with van der Waals surface area (Å²) in [4.78, 5) is 0. The molecule has 0 spiro atoms. The van der Waals surface area contributed by atoms with E-state index < -0.39 is 0 Å². The van der Waals surface area contributed by atoms with Gasteiger partial charge in [0.1, 0.15) is 0 Å². The predicted molar refractivity (Wildman–Crippen MR) is 69.1 cm³/mol. The van der Waals surface area contributed by atoms with Crippen LogP contribution in [-0.2, 0) is 4.74 Å². The highest BCUT2D eigenvalue weighted by molar-refractivity contribution is 7.80. The maximum absolute atomic E-state index is 5.56. The van der Waals surface area contributed by atoms with Gasteiger partial charge in [-0.3, -0.25) is 0 Å². The fourth-order valence-electron chi connectivity index (χ4n) is 1.09. The zero-order valence-electron chi connectivity index (χ0n) is 10.5. The van der Waals surface area contributed by atoms with Gasteiger partial charge in [0.15, 0.2) is 5.11 Å². The fourth-order valence-corrected chi connectivity index (χ4v) is 1.25. The molecule has 15 heavy (non-hydrogen) atoms. The highest BCUT2D eigenvalue weighted by Gasteiger charge is 2.17. The molecule has 0 aromatic rings. The highest BCUT2D eigenvalue weighted by Crippen LogP contribution is 2.06. The third kappa shape index (κ3) is 8.63. The molecule has 0 saturated heterocycles. The van der Waals surface area contributed by atoms with E-state index in [9.17, 15) is 0 Å². The molecule has 2 N–H and O–H groups in total. The Bertz CT molecular complexity index is 193. The standard InChI is InChI=1S/C11H24N2OS/c1-6-14-11(4,5)8-13-10(15)12-7-9(2)3/h9H,6-8H2,1-5H3,(H2,12,13,15). The average molecular weight is 232 g/mol. The lowest BCUT2D eigenvalue weighted by molar-refractivity contribution is -0.00572.